The van der Waals surface area contributed by atoms with Gasteiger partial charge in [-0.25, -0.2) is 0 Å². The zero-order valence-electron chi connectivity index (χ0n) is 18.6. The van der Waals surface area contributed by atoms with E-state index >= 15 is 0 Å². The van der Waals surface area contributed by atoms with Crippen LogP contribution >= 0.6 is 27.7 Å². The fraction of sp³-hybridized carbons (Fsp3) is 0.103. The van der Waals surface area contributed by atoms with Crippen molar-refractivity contribution in [3.8, 4) is 22.6 Å². The Labute approximate surface area is 208 Å². The lowest BCUT2D eigenvalue weighted by Gasteiger charge is -2.11. The van der Waals surface area contributed by atoms with Crippen LogP contribution < -0.4 is 4.74 Å². The van der Waals surface area contributed by atoms with E-state index in [1.165, 1.54) is 16.7 Å². The molecule has 0 saturated heterocycles. The van der Waals surface area contributed by atoms with Crippen molar-refractivity contribution in [3.05, 3.63) is 118 Å². The average molecular weight is 517 g/mol. The molecule has 4 aromatic carbocycles. The number of halogens is 1. The van der Waals surface area contributed by atoms with Gasteiger partial charge >= 0.3 is 0 Å². The van der Waals surface area contributed by atoms with Crippen LogP contribution in [0.5, 0.6) is 11.5 Å². The van der Waals surface area contributed by atoms with Crippen LogP contribution in [0.1, 0.15) is 16.7 Å². The molecule has 4 aromatic rings. The average Bonchev–Trinajstić information content (AvgIpc) is 2.85. The van der Waals surface area contributed by atoms with E-state index in [9.17, 15) is 5.11 Å². The summed E-state index contributed by atoms with van der Waals surface area (Å²) in [6.07, 6.45) is 2.27. The summed E-state index contributed by atoms with van der Waals surface area (Å²) in [7, 11) is 1.69. The van der Waals surface area contributed by atoms with Gasteiger partial charge in [0.05, 0.1) is 7.11 Å². The van der Waals surface area contributed by atoms with Crippen molar-refractivity contribution in [1.29, 1.82) is 0 Å². The zero-order valence-corrected chi connectivity index (χ0v) is 21.0. The van der Waals surface area contributed by atoms with E-state index in [0.29, 0.717) is 5.75 Å². The van der Waals surface area contributed by atoms with E-state index in [1.807, 2.05) is 31.2 Å². The fourth-order valence-corrected chi connectivity index (χ4v) is 4.75. The van der Waals surface area contributed by atoms with Crippen LogP contribution in [0.4, 0.5) is 0 Å². The minimum absolute atomic E-state index is 0.335. The molecular weight excluding hydrogens is 492 g/mol. The summed E-state index contributed by atoms with van der Waals surface area (Å²) in [4.78, 5) is 1.14. The van der Waals surface area contributed by atoms with E-state index in [2.05, 4.69) is 82.7 Å². The second-order valence-corrected chi connectivity index (χ2v) is 9.70. The Morgan fingerprint density at radius 2 is 1.58 bits per heavy atom. The highest BCUT2D eigenvalue weighted by atomic mass is 79.9. The standard InChI is InChI=1S/C29H25BrO2S/c1-20-18-27(14-15-29(20)31)33-17-16-28(23-10-12-25(30)13-11-23)22-8-6-21(7-9-22)24-4-3-5-26(19-24)32-2/h3-16,18-19,31H,17H2,1-2H3. The molecule has 4 rings (SSSR count). The molecule has 2 nitrogen and oxygen atoms in total. The molecule has 0 aromatic heterocycles. The summed E-state index contributed by atoms with van der Waals surface area (Å²) in [6, 6.07) is 31.0. The quantitative estimate of drug-likeness (QED) is 0.250. The third-order valence-corrected chi connectivity index (χ3v) is 6.91. The van der Waals surface area contributed by atoms with Crippen LogP contribution in [-0.4, -0.2) is 18.0 Å². The van der Waals surface area contributed by atoms with Crippen molar-refractivity contribution in [2.24, 2.45) is 0 Å². The monoisotopic (exact) mass is 516 g/mol. The number of aryl methyl sites for hydroxylation is 1. The first-order chi connectivity index (χ1) is 16.0. The van der Waals surface area contributed by atoms with Crippen molar-refractivity contribution in [1.82, 2.24) is 0 Å². The highest BCUT2D eigenvalue weighted by Crippen LogP contribution is 2.31. The van der Waals surface area contributed by atoms with Crippen molar-refractivity contribution in [2.45, 2.75) is 11.8 Å². The predicted molar refractivity (Wildman–Crippen MR) is 143 cm³/mol. The summed E-state index contributed by atoms with van der Waals surface area (Å²) >= 11 is 5.30. The van der Waals surface area contributed by atoms with Crippen LogP contribution in [0, 0.1) is 6.92 Å². The molecular formula is C29H25BrO2S. The number of methoxy groups -OCH3 is 1. The first-order valence-corrected chi connectivity index (χ1v) is 12.4. The maximum atomic E-state index is 9.78. The molecule has 0 fully saturated rings. The third-order valence-electron chi connectivity index (χ3n) is 5.46. The molecule has 0 aliphatic heterocycles. The van der Waals surface area contributed by atoms with Crippen molar-refractivity contribution >= 4 is 33.3 Å². The van der Waals surface area contributed by atoms with Gasteiger partial charge in [0.25, 0.3) is 0 Å². The minimum atomic E-state index is 0.335. The molecule has 0 aliphatic rings. The topological polar surface area (TPSA) is 29.5 Å². The van der Waals surface area contributed by atoms with Crippen LogP contribution in [0.3, 0.4) is 0 Å². The summed E-state index contributed by atoms with van der Waals surface area (Å²) in [5.41, 5.74) is 6.73. The lowest BCUT2D eigenvalue weighted by molar-refractivity contribution is 0.415. The van der Waals surface area contributed by atoms with Gasteiger partial charge in [0.1, 0.15) is 11.5 Å². The summed E-state index contributed by atoms with van der Waals surface area (Å²) in [5.74, 6) is 2.02. The Morgan fingerprint density at radius 3 is 2.24 bits per heavy atom. The van der Waals surface area contributed by atoms with Gasteiger partial charge in [0, 0.05) is 15.1 Å². The lowest BCUT2D eigenvalue weighted by atomic mass is 9.95. The van der Waals surface area contributed by atoms with Crippen molar-refractivity contribution in [2.75, 3.05) is 12.9 Å². The molecule has 0 saturated carbocycles. The van der Waals surface area contributed by atoms with Crippen LogP contribution in [0.15, 0.2) is 106 Å². The Bertz CT molecular complexity index is 1260. The number of hydrogen-bond acceptors (Lipinski definition) is 3. The second-order valence-electron chi connectivity index (χ2n) is 7.69. The van der Waals surface area contributed by atoms with Gasteiger partial charge in [-0.1, -0.05) is 70.5 Å². The number of phenols is 1. The molecule has 0 bridgehead atoms. The Morgan fingerprint density at radius 1 is 0.879 bits per heavy atom. The molecule has 0 amide bonds. The first kappa shape index (κ1) is 23.2. The molecule has 0 atom stereocenters. The van der Waals surface area contributed by atoms with Gasteiger partial charge in [-0.05, 0) is 82.8 Å². The van der Waals surface area contributed by atoms with Crippen molar-refractivity contribution < 1.29 is 9.84 Å². The Hall–Kier alpha value is -2.95. The predicted octanol–water partition coefficient (Wildman–Crippen LogP) is 8.36. The van der Waals surface area contributed by atoms with Gasteiger partial charge in [-0.15, -0.1) is 11.8 Å². The largest absolute Gasteiger partial charge is 0.508 e. The van der Waals surface area contributed by atoms with Gasteiger partial charge in [-0.3, -0.25) is 0 Å². The molecule has 4 heteroatoms. The van der Waals surface area contributed by atoms with E-state index in [0.717, 1.165) is 37.6 Å². The molecule has 0 aliphatic carbocycles. The van der Waals surface area contributed by atoms with Crippen LogP contribution in [0.2, 0.25) is 0 Å². The zero-order chi connectivity index (χ0) is 23.2. The number of rotatable bonds is 7. The summed E-state index contributed by atoms with van der Waals surface area (Å²) < 4.78 is 6.43. The van der Waals surface area contributed by atoms with Crippen LogP contribution in [0.25, 0.3) is 16.7 Å². The Balaban J connectivity index is 1.62. The molecule has 0 heterocycles. The first-order valence-electron chi connectivity index (χ1n) is 10.7. The minimum Gasteiger partial charge on any atom is -0.508 e. The van der Waals surface area contributed by atoms with E-state index in [1.54, 1.807) is 24.9 Å². The molecule has 33 heavy (non-hydrogen) atoms. The highest BCUT2D eigenvalue weighted by molar-refractivity contribution is 9.10. The summed E-state index contributed by atoms with van der Waals surface area (Å²) in [5, 5.41) is 9.78. The van der Waals surface area contributed by atoms with Gasteiger partial charge in [-0.2, -0.15) is 0 Å². The third kappa shape index (κ3) is 5.89. The van der Waals surface area contributed by atoms with Gasteiger partial charge in [0.15, 0.2) is 0 Å². The lowest BCUT2D eigenvalue weighted by Crippen LogP contribution is -1.90. The summed E-state index contributed by atoms with van der Waals surface area (Å²) in [6.45, 7) is 1.92. The SMILES string of the molecule is COc1cccc(-c2ccc(C(=CCSc3ccc(O)c(C)c3)c3ccc(Br)cc3)cc2)c1. The van der Waals surface area contributed by atoms with E-state index in [-0.39, 0.29) is 0 Å². The van der Waals surface area contributed by atoms with E-state index < -0.39 is 0 Å². The van der Waals surface area contributed by atoms with Crippen LogP contribution in [-0.2, 0) is 0 Å². The number of benzene rings is 4. The molecule has 166 valence electrons. The number of ether oxygens (including phenoxy) is 1. The van der Waals surface area contributed by atoms with Crippen molar-refractivity contribution in [3.63, 3.8) is 0 Å². The molecule has 0 spiro atoms. The number of phenolic OH excluding ortho intramolecular Hbond substituents is 1. The molecule has 0 radical (unpaired) electrons. The second kappa shape index (κ2) is 10.8. The van der Waals surface area contributed by atoms with Gasteiger partial charge in [0.2, 0.25) is 0 Å². The maximum Gasteiger partial charge on any atom is 0.119 e. The smallest absolute Gasteiger partial charge is 0.119 e. The normalized spacial score (nSPS) is 11.4. The van der Waals surface area contributed by atoms with Gasteiger partial charge < -0.3 is 9.84 Å². The van der Waals surface area contributed by atoms with E-state index in [4.69, 9.17) is 4.74 Å². The maximum absolute atomic E-state index is 9.78. The highest BCUT2D eigenvalue weighted by Gasteiger charge is 2.08. The number of hydrogen-bond donors (Lipinski definition) is 1. The number of aromatic hydroxyl groups is 1. The molecule has 1 N–H and O–H groups in total. The Kier molecular flexibility index (Phi) is 7.58. The number of thioether (sulfide) groups is 1. The fourth-order valence-electron chi connectivity index (χ4n) is 3.62. The molecule has 0 unspecified atom stereocenters.